The van der Waals surface area contributed by atoms with Crippen LogP contribution in [-0.2, 0) is 4.74 Å². The second-order valence-electron chi connectivity index (χ2n) is 6.90. The fourth-order valence-electron chi connectivity index (χ4n) is 3.68. The van der Waals surface area contributed by atoms with E-state index < -0.39 is 0 Å². The van der Waals surface area contributed by atoms with E-state index in [1.54, 1.807) is 4.90 Å². The first-order chi connectivity index (χ1) is 11.7. The third kappa shape index (κ3) is 8.00. The van der Waals surface area contributed by atoms with Gasteiger partial charge in [-0.15, -0.1) is 24.0 Å². The summed E-state index contributed by atoms with van der Waals surface area (Å²) in [5.74, 6) is 1.78. The molecule has 25 heavy (non-hydrogen) atoms. The van der Waals surface area contributed by atoms with Crippen LogP contribution in [0.15, 0.2) is 4.99 Å². The number of aliphatic imine (C=N–C) groups is 1. The summed E-state index contributed by atoms with van der Waals surface area (Å²) in [6.07, 6.45) is 9.91. The fourth-order valence-corrected chi connectivity index (χ4v) is 3.68. The highest BCUT2D eigenvalue weighted by atomic mass is 127. The van der Waals surface area contributed by atoms with E-state index in [0.717, 1.165) is 44.4 Å². The molecule has 2 rings (SSSR count). The molecule has 6 nitrogen and oxygen atoms in total. The Bertz CT molecular complexity index is 406. The Labute approximate surface area is 169 Å². The number of nitrogens with one attached hydrogen (secondary N) is 2. The average molecular weight is 466 g/mol. The number of piperidine rings is 1. The molecule has 0 aromatic rings. The van der Waals surface area contributed by atoms with E-state index in [1.807, 2.05) is 14.0 Å². The van der Waals surface area contributed by atoms with Gasteiger partial charge in [-0.3, -0.25) is 4.99 Å². The zero-order valence-electron chi connectivity index (χ0n) is 15.8. The molecule has 0 aromatic carbocycles. The van der Waals surface area contributed by atoms with Crippen molar-refractivity contribution in [3.05, 3.63) is 0 Å². The maximum atomic E-state index is 11.7. The molecule has 0 spiro atoms. The Hall–Kier alpha value is -0.730. The molecule has 2 aliphatic rings. The van der Waals surface area contributed by atoms with E-state index in [-0.39, 0.29) is 30.1 Å². The molecule has 7 heteroatoms. The normalized spacial score (nSPS) is 19.9. The molecule has 0 unspecified atom stereocenters. The minimum Gasteiger partial charge on any atom is -0.450 e. The third-order valence-electron chi connectivity index (χ3n) is 5.16. The number of carbonyl (C=O) groups excluding carboxylic acids is 1. The monoisotopic (exact) mass is 466 g/mol. The Kier molecular flexibility index (Phi) is 11.2. The largest absolute Gasteiger partial charge is 0.450 e. The number of likely N-dealkylation sites (tertiary alicyclic amines) is 1. The summed E-state index contributed by atoms with van der Waals surface area (Å²) in [7, 11) is 1.82. The molecule has 0 bridgehead atoms. The van der Waals surface area contributed by atoms with Crippen molar-refractivity contribution < 1.29 is 9.53 Å². The second-order valence-corrected chi connectivity index (χ2v) is 6.90. The van der Waals surface area contributed by atoms with Gasteiger partial charge in [-0.05, 0) is 32.1 Å². The molecule has 0 atom stereocenters. The first kappa shape index (κ1) is 22.3. The predicted octanol–water partition coefficient (Wildman–Crippen LogP) is 3.36. The zero-order valence-corrected chi connectivity index (χ0v) is 18.1. The van der Waals surface area contributed by atoms with Crippen molar-refractivity contribution in [2.75, 3.05) is 33.3 Å². The van der Waals surface area contributed by atoms with Crippen LogP contribution in [0, 0.1) is 5.92 Å². The van der Waals surface area contributed by atoms with Gasteiger partial charge in [0.15, 0.2) is 5.96 Å². The summed E-state index contributed by atoms with van der Waals surface area (Å²) in [5.41, 5.74) is 0. The number of ether oxygens (including phenoxy) is 1. The third-order valence-corrected chi connectivity index (χ3v) is 5.16. The number of carbonyl (C=O) groups is 1. The van der Waals surface area contributed by atoms with Crippen LogP contribution < -0.4 is 10.6 Å². The molecule has 1 saturated carbocycles. The number of halogens is 1. The molecule has 146 valence electrons. The van der Waals surface area contributed by atoms with Crippen molar-refractivity contribution >= 4 is 36.0 Å². The number of amides is 1. The molecular formula is C18H35IN4O2. The Balaban J connectivity index is 0.00000312. The van der Waals surface area contributed by atoms with Crippen LogP contribution >= 0.6 is 24.0 Å². The molecule has 0 aromatic heterocycles. The van der Waals surface area contributed by atoms with Crippen LogP contribution in [0.25, 0.3) is 0 Å². The van der Waals surface area contributed by atoms with E-state index >= 15 is 0 Å². The lowest BCUT2D eigenvalue weighted by atomic mass is 9.87. The quantitative estimate of drug-likeness (QED) is 0.371. The molecule has 2 fully saturated rings. The Morgan fingerprint density at radius 2 is 1.84 bits per heavy atom. The molecule has 1 saturated heterocycles. The van der Waals surface area contributed by atoms with Crippen LogP contribution in [0.1, 0.15) is 58.3 Å². The number of hydrogen-bond acceptors (Lipinski definition) is 3. The van der Waals surface area contributed by atoms with Gasteiger partial charge in [0.1, 0.15) is 0 Å². The number of rotatable bonds is 5. The van der Waals surface area contributed by atoms with Crippen LogP contribution in [0.3, 0.4) is 0 Å². The first-order valence-corrected chi connectivity index (χ1v) is 9.61. The molecule has 0 radical (unpaired) electrons. The maximum Gasteiger partial charge on any atom is 0.409 e. The van der Waals surface area contributed by atoms with E-state index in [4.69, 9.17) is 4.74 Å². The first-order valence-electron chi connectivity index (χ1n) is 9.61. The van der Waals surface area contributed by atoms with E-state index in [2.05, 4.69) is 15.6 Å². The van der Waals surface area contributed by atoms with Crippen molar-refractivity contribution in [3.8, 4) is 0 Å². The predicted molar refractivity (Wildman–Crippen MR) is 113 cm³/mol. The average Bonchev–Trinajstić information content (AvgIpc) is 2.62. The fraction of sp³-hybridized carbons (Fsp3) is 0.889. The highest BCUT2D eigenvalue weighted by Crippen LogP contribution is 2.25. The van der Waals surface area contributed by atoms with Gasteiger partial charge in [-0.25, -0.2) is 4.79 Å². The Morgan fingerprint density at radius 3 is 2.44 bits per heavy atom. The van der Waals surface area contributed by atoms with E-state index in [1.165, 1.54) is 38.5 Å². The molecule has 1 aliphatic carbocycles. The summed E-state index contributed by atoms with van der Waals surface area (Å²) < 4.78 is 5.06. The summed E-state index contributed by atoms with van der Waals surface area (Å²) in [6, 6.07) is 0.372. The van der Waals surface area contributed by atoms with Gasteiger partial charge in [0.2, 0.25) is 0 Å². The van der Waals surface area contributed by atoms with Gasteiger partial charge in [-0.2, -0.15) is 0 Å². The highest BCUT2D eigenvalue weighted by Gasteiger charge is 2.24. The minimum atomic E-state index is -0.189. The van der Waals surface area contributed by atoms with Crippen LogP contribution in [-0.4, -0.2) is 56.3 Å². The Morgan fingerprint density at radius 1 is 1.16 bits per heavy atom. The molecule has 2 N–H and O–H groups in total. The smallest absolute Gasteiger partial charge is 0.409 e. The van der Waals surface area contributed by atoms with Gasteiger partial charge < -0.3 is 20.3 Å². The summed E-state index contributed by atoms with van der Waals surface area (Å²) >= 11 is 0. The topological polar surface area (TPSA) is 66.0 Å². The standard InChI is InChI=1S/C18H34N4O2.HI/c1-3-24-18(23)22-13-10-16(11-14-22)21-17(19-2)20-12-9-15-7-5-4-6-8-15;/h15-16H,3-14H2,1-2H3,(H2,19,20,21);1H. The zero-order chi connectivity index (χ0) is 17.2. The van der Waals surface area contributed by atoms with Crippen molar-refractivity contribution in [3.63, 3.8) is 0 Å². The van der Waals surface area contributed by atoms with Crippen LogP contribution in [0.5, 0.6) is 0 Å². The van der Waals surface area contributed by atoms with Crippen LogP contribution in [0.2, 0.25) is 0 Å². The second kappa shape index (κ2) is 12.6. The number of nitrogens with zero attached hydrogens (tertiary/aromatic N) is 2. The van der Waals surface area contributed by atoms with Gasteiger partial charge in [0, 0.05) is 32.7 Å². The summed E-state index contributed by atoms with van der Waals surface area (Å²) in [6.45, 7) is 4.76. The minimum absolute atomic E-state index is 0. The molecule has 1 heterocycles. The molecule has 1 amide bonds. The van der Waals surface area contributed by atoms with E-state index in [0.29, 0.717) is 12.6 Å². The van der Waals surface area contributed by atoms with Gasteiger partial charge in [0.25, 0.3) is 0 Å². The SMILES string of the molecule is CCOC(=O)N1CCC(NC(=NC)NCCC2CCCCC2)CC1.I. The molecular weight excluding hydrogens is 431 g/mol. The number of guanidine groups is 1. The van der Waals surface area contributed by atoms with Gasteiger partial charge in [0.05, 0.1) is 6.61 Å². The summed E-state index contributed by atoms with van der Waals surface area (Å²) in [4.78, 5) is 17.9. The lowest BCUT2D eigenvalue weighted by Gasteiger charge is -2.32. The van der Waals surface area contributed by atoms with Gasteiger partial charge >= 0.3 is 6.09 Å². The highest BCUT2D eigenvalue weighted by molar-refractivity contribution is 14.0. The van der Waals surface area contributed by atoms with Gasteiger partial charge in [-0.1, -0.05) is 32.1 Å². The van der Waals surface area contributed by atoms with Crippen LogP contribution in [0.4, 0.5) is 4.79 Å². The van der Waals surface area contributed by atoms with Crippen molar-refractivity contribution in [2.24, 2.45) is 10.9 Å². The number of hydrogen-bond donors (Lipinski definition) is 2. The lowest BCUT2D eigenvalue weighted by Crippen LogP contribution is -2.50. The summed E-state index contributed by atoms with van der Waals surface area (Å²) in [5, 5.41) is 6.95. The van der Waals surface area contributed by atoms with Crippen molar-refractivity contribution in [1.82, 2.24) is 15.5 Å². The van der Waals surface area contributed by atoms with Crippen molar-refractivity contribution in [2.45, 2.75) is 64.3 Å². The lowest BCUT2D eigenvalue weighted by molar-refractivity contribution is 0.0963. The van der Waals surface area contributed by atoms with Crippen molar-refractivity contribution in [1.29, 1.82) is 0 Å². The van der Waals surface area contributed by atoms with E-state index in [9.17, 15) is 4.79 Å². The maximum absolute atomic E-state index is 11.7. The molecule has 1 aliphatic heterocycles.